The first-order valence-electron chi connectivity index (χ1n) is 6.91. The Morgan fingerprint density at radius 2 is 2.10 bits per heavy atom. The molecule has 0 radical (unpaired) electrons. The number of aromatic nitrogens is 2. The van der Waals surface area contributed by atoms with E-state index in [2.05, 4.69) is 9.97 Å². The quantitative estimate of drug-likeness (QED) is 0.799. The second-order valence-electron chi connectivity index (χ2n) is 5.03. The van der Waals surface area contributed by atoms with Crippen molar-refractivity contribution in [1.29, 1.82) is 0 Å². The number of nitrogens with zero attached hydrogens (tertiary/aromatic N) is 3. The van der Waals surface area contributed by atoms with Crippen LogP contribution in [0.15, 0.2) is 6.07 Å². The minimum absolute atomic E-state index is 0.115. The number of carbonyl (C=O) groups is 1. The van der Waals surface area contributed by atoms with E-state index in [-0.39, 0.29) is 12.0 Å². The maximum Gasteiger partial charge on any atom is 0.223 e. The molecule has 2 rings (SSSR count). The van der Waals surface area contributed by atoms with Gasteiger partial charge in [-0.2, -0.15) is 4.98 Å². The summed E-state index contributed by atoms with van der Waals surface area (Å²) in [7, 11) is 0. The zero-order valence-electron chi connectivity index (χ0n) is 11.9. The van der Waals surface area contributed by atoms with Crippen LogP contribution in [0.3, 0.4) is 0 Å². The topological polar surface area (TPSA) is 55.3 Å². The number of halogens is 1. The molecule has 0 saturated carbocycles. The van der Waals surface area contributed by atoms with Crippen LogP contribution in [-0.2, 0) is 4.79 Å². The predicted molar refractivity (Wildman–Crippen MR) is 77.1 cm³/mol. The lowest BCUT2D eigenvalue weighted by Crippen LogP contribution is -2.41. The van der Waals surface area contributed by atoms with Gasteiger partial charge in [0.05, 0.1) is 0 Å². The molecule has 0 unspecified atom stereocenters. The van der Waals surface area contributed by atoms with Crippen LogP contribution in [-0.4, -0.2) is 45.8 Å². The number of aryl methyl sites for hydroxylation is 2. The molecule has 20 heavy (non-hydrogen) atoms. The van der Waals surface area contributed by atoms with Gasteiger partial charge in [0.15, 0.2) is 0 Å². The largest absolute Gasteiger partial charge is 0.474 e. The summed E-state index contributed by atoms with van der Waals surface area (Å²) in [5, 5.41) is 0. The van der Waals surface area contributed by atoms with Gasteiger partial charge in [-0.05, 0) is 13.8 Å². The van der Waals surface area contributed by atoms with Gasteiger partial charge in [-0.3, -0.25) is 4.79 Å². The van der Waals surface area contributed by atoms with E-state index in [0.717, 1.165) is 37.4 Å². The zero-order chi connectivity index (χ0) is 14.5. The normalized spacial score (nSPS) is 16.2. The predicted octanol–water partition coefficient (Wildman–Crippen LogP) is 2.09. The van der Waals surface area contributed by atoms with E-state index in [1.165, 1.54) is 0 Å². The maximum atomic E-state index is 11.7. The number of rotatable bonds is 4. The lowest BCUT2D eigenvalue weighted by Gasteiger charge is -2.31. The van der Waals surface area contributed by atoms with Gasteiger partial charge < -0.3 is 9.64 Å². The van der Waals surface area contributed by atoms with Crippen molar-refractivity contribution in [2.75, 3.05) is 19.0 Å². The second kappa shape index (κ2) is 6.88. The lowest BCUT2D eigenvalue weighted by molar-refractivity contribution is -0.132. The average molecular weight is 298 g/mol. The number of alkyl halides is 1. The molecule has 0 aliphatic carbocycles. The van der Waals surface area contributed by atoms with Crippen LogP contribution in [0.25, 0.3) is 0 Å². The van der Waals surface area contributed by atoms with Crippen LogP contribution >= 0.6 is 11.6 Å². The molecule has 1 amide bonds. The Morgan fingerprint density at radius 3 is 2.70 bits per heavy atom. The monoisotopic (exact) mass is 297 g/mol. The molecule has 0 atom stereocenters. The van der Waals surface area contributed by atoms with Crippen LogP contribution in [0.5, 0.6) is 5.88 Å². The number of hydrogen-bond acceptors (Lipinski definition) is 4. The minimum Gasteiger partial charge on any atom is -0.474 e. The third kappa shape index (κ3) is 4.07. The number of likely N-dealkylation sites (tertiary alicyclic amines) is 1. The Hall–Kier alpha value is -1.36. The summed E-state index contributed by atoms with van der Waals surface area (Å²) in [6, 6.07) is 1.85. The highest BCUT2D eigenvalue weighted by Crippen LogP contribution is 2.18. The summed E-state index contributed by atoms with van der Waals surface area (Å²) in [6.07, 6.45) is 2.19. The molecule has 0 N–H and O–H groups in total. The van der Waals surface area contributed by atoms with Crippen molar-refractivity contribution >= 4 is 17.5 Å². The summed E-state index contributed by atoms with van der Waals surface area (Å²) < 4.78 is 5.89. The highest BCUT2D eigenvalue weighted by atomic mass is 35.5. The molecular formula is C14H20ClN3O2. The molecule has 1 aromatic rings. The summed E-state index contributed by atoms with van der Waals surface area (Å²) in [6.45, 7) is 5.23. The SMILES string of the molecule is Cc1cc(OC2CCN(C(=O)CCCl)CC2)nc(C)n1. The zero-order valence-corrected chi connectivity index (χ0v) is 12.7. The number of hydrogen-bond donors (Lipinski definition) is 0. The van der Waals surface area contributed by atoms with Crippen LogP contribution < -0.4 is 4.74 Å². The van der Waals surface area contributed by atoms with Crippen molar-refractivity contribution in [3.63, 3.8) is 0 Å². The third-order valence-corrected chi connectivity index (χ3v) is 3.52. The first-order chi connectivity index (χ1) is 9.58. The molecule has 1 aliphatic rings. The Bertz CT molecular complexity index is 453. The molecule has 5 nitrogen and oxygen atoms in total. The first kappa shape index (κ1) is 15.0. The smallest absolute Gasteiger partial charge is 0.223 e. The summed E-state index contributed by atoms with van der Waals surface area (Å²) in [5.74, 6) is 1.86. The van der Waals surface area contributed by atoms with Gasteiger partial charge in [-0.25, -0.2) is 4.98 Å². The van der Waals surface area contributed by atoms with E-state index in [9.17, 15) is 4.79 Å². The van der Waals surface area contributed by atoms with Crippen LogP contribution in [0.4, 0.5) is 0 Å². The standard InChI is InChI=1S/C14H20ClN3O2/c1-10-9-13(17-11(2)16-10)20-12-4-7-18(8-5-12)14(19)3-6-15/h9,12H,3-8H2,1-2H3. The molecule has 110 valence electrons. The van der Waals surface area contributed by atoms with Crippen molar-refractivity contribution in [1.82, 2.24) is 14.9 Å². The molecule has 2 heterocycles. The van der Waals surface area contributed by atoms with Gasteiger partial charge in [-0.15, -0.1) is 11.6 Å². The van der Waals surface area contributed by atoms with Crippen LogP contribution in [0.2, 0.25) is 0 Å². The summed E-state index contributed by atoms with van der Waals surface area (Å²) >= 11 is 5.59. The van der Waals surface area contributed by atoms with Crippen molar-refractivity contribution in [2.45, 2.75) is 39.2 Å². The van der Waals surface area contributed by atoms with Crippen molar-refractivity contribution in [2.24, 2.45) is 0 Å². The minimum atomic E-state index is 0.115. The Labute approximate surface area is 124 Å². The van der Waals surface area contributed by atoms with Crippen LogP contribution in [0.1, 0.15) is 30.8 Å². The fourth-order valence-corrected chi connectivity index (χ4v) is 2.54. The number of piperidine rings is 1. The van der Waals surface area contributed by atoms with E-state index < -0.39 is 0 Å². The van der Waals surface area contributed by atoms with E-state index in [0.29, 0.717) is 18.2 Å². The number of carbonyl (C=O) groups excluding carboxylic acids is 1. The Morgan fingerprint density at radius 1 is 1.40 bits per heavy atom. The molecule has 1 aliphatic heterocycles. The van der Waals surface area contributed by atoms with Crippen molar-refractivity contribution < 1.29 is 9.53 Å². The maximum absolute atomic E-state index is 11.7. The van der Waals surface area contributed by atoms with E-state index in [4.69, 9.17) is 16.3 Å². The van der Waals surface area contributed by atoms with Crippen molar-refractivity contribution in [3.8, 4) is 5.88 Å². The summed E-state index contributed by atoms with van der Waals surface area (Å²) in [4.78, 5) is 22.1. The van der Waals surface area contributed by atoms with E-state index >= 15 is 0 Å². The molecule has 0 aromatic carbocycles. The third-order valence-electron chi connectivity index (χ3n) is 3.33. The van der Waals surface area contributed by atoms with Gasteiger partial charge >= 0.3 is 0 Å². The number of ether oxygens (including phenoxy) is 1. The molecule has 0 spiro atoms. The van der Waals surface area contributed by atoms with Gasteiger partial charge in [0.1, 0.15) is 11.9 Å². The van der Waals surface area contributed by atoms with Crippen molar-refractivity contribution in [3.05, 3.63) is 17.6 Å². The molecule has 1 aromatic heterocycles. The highest BCUT2D eigenvalue weighted by molar-refractivity contribution is 6.18. The molecule has 6 heteroatoms. The Kier molecular flexibility index (Phi) is 5.17. The average Bonchev–Trinajstić information content (AvgIpc) is 2.38. The lowest BCUT2D eigenvalue weighted by atomic mass is 10.1. The molecule has 1 fully saturated rings. The van der Waals surface area contributed by atoms with Gasteiger partial charge in [0.25, 0.3) is 0 Å². The first-order valence-corrected chi connectivity index (χ1v) is 7.44. The molecule has 1 saturated heterocycles. The fourth-order valence-electron chi connectivity index (χ4n) is 2.38. The molecular weight excluding hydrogens is 278 g/mol. The van der Waals surface area contributed by atoms with E-state index in [1.807, 2.05) is 24.8 Å². The number of amides is 1. The van der Waals surface area contributed by atoms with Crippen LogP contribution in [0, 0.1) is 13.8 Å². The Balaban J connectivity index is 1.86. The van der Waals surface area contributed by atoms with Gasteiger partial charge in [-0.1, -0.05) is 0 Å². The van der Waals surface area contributed by atoms with Gasteiger partial charge in [0.2, 0.25) is 11.8 Å². The second-order valence-corrected chi connectivity index (χ2v) is 5.41. The fraction of sp³-hybridized carbons (Fsp3) is 0.643. The van der Waals surface area contributed by atoms with E-state index in [1.54, 1.807) is 0 Å². The van der Waals surface area contributed by atoms with Gasteiger partial charge in [0, 0.05) is 50.0 Å². The molecule has 0 bridgehead atoms. The highest BCUT2D eigenvalue weighted by Gasteiger charge is 2.23. The summed E-state index contributed by atoms with van der Waals surface area (Å²) in [5.41, 5.74) is 0.905.